The smallest absolute Gasteiger partial charge is 0.123 e. The SMILES string of the molecule is C=CCN1CCC(Sc2ccc(F)cc2)CC1. The minimum Gasteiger partial charge on any atom is -0.300 e. The Morgan fingerprint density at radius 3 is 2.53 bits per heavy atom. The zero-order valence-electron chi connectivity index (χ0n) is 9.94. The van der Waals surface area contributed by atoms with E-state index in [0.29, 0.717) is 5.25 Å². The van der Waals surface area contributed by atoms with Crippen molar-refractivity contribution in [2.45, 2.75) is 23.0 Å². The molecule has 92 valence electrons. The normalized spacial score (nSPS) is 18.2. The molecule has 1 saturated heterocycles. The van der Waals surface area contributed by atoms with Gasteiger partial charge in [-0.05, 0) is 50.2 Å². The van der Waals surface area contributed by atoms with E-state index in [1.54, 1.807) is 0 Å². The van der Waals surface area contributed by atoms with Gasteiger partial charge in [0.2, 0.25) is 0 Å². The summed E-state index contributed by atoms with van der Waals surface area (Å²) < 4.78 is 12.8. The fourth-order valence-electron chi connectivity index (χ4n) is 2.10. The molecule has 1 nitrogen and oxygen atoms in total. The Bertz CT molecular complexity index is 355. The second-order valence-electron chi connectivity index (χ2n) is 4.36. The molecule has 0 aliphatic carbocycles. The third-order valence-electron chi connectivity index (χ3n) is 3.04. The van der Waals surface area contributed by atoms with Crippen LogP contribution in [0, 0.1) is 5.82 Å². The van der Waals surface area contributed by atoms with Gasteiger partial charge < -0.3 is 0 Å². The molecule has 2 rings (SSSR count). The Balaban J connectivity index is 1.81. The van der Waals surface area contributed by atoms with Gasteiger partial charge in [0.25, 0.3) is 0 Å². The summed E-state index contributed by atoms with van der Waals surface area (Å²) in [5.41, 5.74) is 0. The summed E-state index contributed by atoms with van der Waals surface area (Å²) in [5.74, 6) is -0.157. The molecular formula is C14H18FNS. The molecule has 0 atom stereocenters. The van der Waals surface area contributed by atoms with Crippen LogP contribution in [0.2, 0.25) is 0 Å². The number of nitrogens with zero attached hydrogens (tertiary/aromatic N) is 1. The molecule has 0 unspecified atom stereocenters. The van der Waals surface area contributed by atoms with Crippen molar-refractivity contribution in [3.63, 3.8) is 0 Å². The molecule has 0 aromatic heterocycles. The number of halogens is 1. The van der Waals surface area contributed by atoms with E-state index in [0.717, 1.165) is 19.6 Å². The van der Waals surface area contributed by atoms with E-state index >= 15 is 0 Å². The van der Waals surface area contributed by atoms with Crippen molar-refractivity contribution < 1.29 is 4.39 Å². The fraction of sp³-hybridized carbons (Fsp3) is 0.429. The molecule has 1 fully saturated rings. The van der Waals surface area contributed by atoms with Crippen LogP contribution in [0.4, 0.5) is 4.39 Å². The van der Waals surface area contributed by atoms with Crippen LogP contribution in [0.3, 0.4) is 0 Å². The minimum atomic E-state index is -0.157. The van der Waals surface area contributed by atoms with Gasteiger partial charge >= 0.3 is 0 Å². The van der Waals surface area contributed by atoms with Crippen molar-refractivity contribution in [1.82, 2.24) is 4.90 Å². The molecule has 1 heterocycles. The first-order chi connectivity index (χ1) is 8.28. The van der Waals surface area contributed by atoms with Gasteiger partial charge in [-0.2, -0.15) is 0 Å². The Labute approximate surface area is 107 Å². The molecule has 0 N–H and O–H groups in total. The van der Waals surface area contributed by atoms with Crippen LogP contribution in [0.1, 0.15) is 12.8 Å². The van der Waals surface area contributed by atoms with Gasteiger partial charge in [-0.1, -0.05) is 6.08 Å². The summed E-state index contributed by atoms with van der Waals surface area (Å²) in [6, 6.07) is 6.82. The molecular weight excluding hydrogens is 233 g/mol. The maximum absolute atomic E-state index is 12.8. The molecule has 3 heteroatoms. The average Bonchev–Trinajstić information content (AvgIpc) is 2.35. The topological polar surface area (TPSA) is 3.24 Å². The van der Waals surface area contributed by atoms with Crippen LogP contribution < -0.4 is 0 Å². The lowest BCUT2D eigenvalue weighted by Crippen LogP contribution is -2.34. The number of likely N-dealkylation sites (tertiary alicyclic amines) is 1. The van der Waals surface area contributed by atoms with Crippen LogP contribution >= 0.6 is 11.8 Å². The lowest BCUT2D eigenvalue weighted by atomic mass is 10.1. The lowest BCUT2D eigenvalue weighted by molar-refractivity contribution is 0.256. The van der Waals surface area contributed by atoms with Gasteiger partial charge in [0, 0.05) is 16.7 Å². The van der Waals surface area contributed by atoms with Gasteiger partial charge in [0.1, 0.15) is 5.82 Å². The molecule has 1 aliphatic rings. The predicted octanol–water partition coefficient (Wildman–Crippen LogP) is 3.57. The predicted molar refractivity (Wildman–Crippen MR) is 71.9 cm³/mol. The number of rotatable bonds is 4. The van der Waals surface area contributed by atoms with Crippen LogP contribution in [-0.4, -0.2) is 29.8 Å². The molecule has 1 aliphatic heterocycles. The fourth-order valence-corrected chi connectivity index (χ4v) is 3.22. The summed E-state index contributed by atoms with van der Waals surface area (Å²) >= 11 is 1.87. The highest BCUT2D eigenvalue weighted by atomic mass is 32.2. The van der Waals surface area contributed by atoms with Crippen LogP contribution in [0.5, 0.6) is 0 Å². The van der Waals surface area contributed by atoms with Crippen molar-refractivity contribution in [2.24, 2.45) is 0 Å². The van der Waals surface area contributed by atoms with Gasteiger partial charge in [-0.3, -0.25) is 4.90 Å². The zero-order chi connectivity index (χ0) is 12.1. The number of thioether (sulfide) groups is 1. The highest BCUT2D eigenvalue weighted by Gasteiger charge is 2.18. The number of benzene rings is 1. The van der Waals surface area contributed by atoms with Crippen LogP contribution in [0.25, 0.3) is 0 Å². The standard InChI is InChI=1S/C14H18FNS/c1-2-9-16-10-7-14(8-11-16)17-13-5-3-12(15)4-6-13/h2-6,14H,1,7-11H2. The third-order valence-corrected chi connectivity index (χ3v) is 4.39. The molecule has 0 radical (unpaired) electrons. The zero-order valence-corrected chi connectivity index (χ0v) is 10.8. The van der Waals surface area contributed by atoms with Gasteiger partial charge in [-0.15, -0.1) is 18.3 Å². The molecule has 0 amide bonds. The first-order valence-corrected chi connectivity index (χ1v) is 6.91. The molecule has 0 spiro atoms. The third kappa shape index (κ3) is 3.86. The first-order valence-electron chi connectivity index (χ1n) is 6.03. The Kier molecular flexibility index (Phi) is 4.63. The summed E-state index contributed by atoms with van der Waals surface area (Å²) in [4.78, 5) is 3.60. The Morgan fingerprint density at radius 1 is 1.29 bits per heavy atom. The van der Waals surface area contributed by atoms with Crippen LogP contribution in [0.15, 0.2) is 41.8 Å². The van der Waals surface area contributed by atoms with E-state index in [1.807, 2.05) is 30.0 Å². The molecule has 1 aromatic carbocycles. The number of hydrogen-bond donors (Lipinski definition) is 0. The van der Waals surface area contributed by atoms with Gasteiger partial charge in [0.15, 0.2) is 0 Å². The van der Waals surface area contributed by atoms with Crippen molar-refractivity contribution in [1.29, 1.82) is 0 Å². The van der Waals surface area contributed by atoms with E-state index in [9.17, 15) is 4.39 Å². The van der Waals surface area contributed by atoms with E-state index in [2.05, 4.69) is 11.5 Å². The molecule has 0 bridgehead atoms. The van der Waals surface area contributed by atoms with Crippen molar-refractivity contribution >= 4 is 11.8 Å². The maximum atomic E-state index is 12.8. The highest BCUT2D eigenvalue weighted by Crippen LogP contribution is 2.30. The van der Waals surface area contributed by atoms with E-state index in [4.69, 9.17) is 0 Å². The molecule has 0 saturated carbocycles. The first kappa shape index (κ1) is 12.7. The summed E-state index contributed by atoms with van der Waals surface area (Å²) in [5, 5.41) is 0.668. The van der Waals surface area contributed by atoms with E-state index < -0.39 is 0 Å². The van der Waals surface area contributed by atoms with E-state index in [-0.39, 0.29) is 5.82 Å². The highest BCUT2D eigenvalue weighted by molar-refractivity contribution is 8.00. The van der Waals surface area contributed by atoms with E-state index in [1.165, 1.54) is 29.9 Å². The van der Waals surface area contributed by atoms with Crippen molar-refractivity contribution in [3.05, 3.63) is 42.7 Å². The summed E-state index contributed by atoms with van der Waals surface area (Å²) in [6.45, 7) is 7.05. The Hall–Kier alpha value is -0.800. The monoisotopic (exact) mass is 251 g/mol. The van der Waals surface area contributed by atoms with Crippen molar-refractivity contribution in [2.75, 3.05) is 19.6 Å². The minimum absolute atomic E-state index is 0.157. The largest absolute Gasteiger partial charge is 0.300 e. The lowest BCUT2D eigenvalue weighted by Gasteiger charge is -2.30. The van der Waals surface area contributed by atoms with Gasteiger partial charge in [-0.25, -0.2) is 4.39 Å². The second-order valence-corrected chi connectivity index (χ2v) is 5.73. The Morgan fingerprint density at radius 2 is 1.94 bits per heavy atom. The number of piperidine rings is 1. The van der Waals surface area contributed by atoms with Crippen molar-refractivity contribution in [3.8, 4) is 0 Å². The second kappa shape index (κ2) is 6.22. The molecule has 17 heavy (non-hydrogen) atoms. The number of hydrogen-bond acceptors (Lipinski definition) is 2. The summed E-state index contributed by atoms with van der Waals surface area (Å²) in [6.07, 6.45) is 4.37. The average molecular weight is 251 g/mol. The molecule has 1 aromatic rings. The maximum Gasteiger partial charge on any atom is 0.123 e. The van der Waals surface area contributed by atoms with Crippen LogP contribution in [-0.2, 0) is 0 Å². The summed E-state index contributed by atoms with van der Waals surface area (Å²) in [7, 11) is 0. The van der Waals surface area contributed by atoms with Gasteiger partial charge in [0.05, 0.1) is 0 Å². The quantitative estimate of drug-likeness (QED) is 0.753.